The molecule has 0 atom stereocenters. The van der Waals surface area contributed by atoms with Gasteiger partial charge >= 0.3 is 5.97 Å². The van der Waals surface area contributed by atoms with Crippen molar-refractivity contribution in [1.82, 2.24) is 0 Å². The molecule has 0 bridgehead atoms. The Kier molecular flexibility index (Phi) is 4.70. The minimum atomic E-state index is -4.24. The SMILES string of the molecule is CCCOC(=O)c1cc(C)c(F)c(S(=O)(=O)Cl)c1. The molecule has 0 aliphatic heterocycles. The van der Waals surface area contributed by atoms with E-state index in [0.29, 0.717) is 6.42 Å². The van der Waals surface area contributed by atoms with Gasteiger partial charge in [-0.05, 0) is 31.0 Å². The fourth-order valence-corrected chi connectivity index (χ4v) is 2.29. The predicted molar refractivity (Wildman–Crippen MR) is 64.7 cm³/mol. The summed E-state index contributed by atoms with van der Waals surface area (Å²) >= 11 is 0. The molecule has 0 saturated heterocycles. The monoisotopic (exact) mass is 294 g/mol. The fourth-order valence-electron chi connectivity index (χ4n) is 1.31. The maximum atomic E-state index is 13.6. The Balaban J connectivity index is 3.25. The Morgan fingerprint density at radius 1 is 1.44 bits per heavy atom. The van der Waals surface area contributed by atoms with E-state index in [9.17, 15) is 17.6 Å². The quantitative estimate of drug-likeness (QED) is 0.632. The summed E-state index contributed by atoms with van der Waals surface area (Å²) in [4.78, 5) is 10.8. The number of ether oxygens (including phenoxy) is 1. The van der Waals surface area contributed by atoms with Crippen LogP contribution in [0.5, 0.6) is 0 Å². The minimum absolute atomic E-state index is 0.0140. The van der Waals surface area contributed by atoms with Crippen molar-refractivity contribution < 1.29 is 22.3 Å². The van der Waals surface area contributed by atoms with Crippen LogP contribution in [0, 0.1) is 12.7 Å². The molecule has 100 valence electrons. The molecule has 0 radical (unpaired) electrons. The summed E-state index contributed by atoms with van der Waals surface area (Å²) < 4.78 is 40.8. The third kappa shape index (κ3) is 3.43. The average Bonchev–Trinajstić information content (AvgIpc) is 2.27. The highest BCUT2D eigenvalue weighted by molar-refractivity contribution is 8.13. The highest BCUT2D eigenvalue weighted by Crippen LogP contribution is 2.23. The molecule has 0 heterocycles. The first-order valence-electron chi connectivity index (χ1n) is 5.19. The molecule has 0 amide bonds. The lowest BCUT2D eigenvalue weighted by molar-refractivity contribution is 0.0504. The van der Waals surface area contributed by atoms with Crippen LogP contribution < -0.4 is 0 Å². The molecule has 18 heavy (non-hydrogen) atoms. The summed E-state index contributed by atoms with van der Waals surface area (Å²) in [5.74, 6) is -1.67. The van der Waals surface area contributed by atoms with Crippen molar-refractivity contribution in [2.75, 3.05) is 6.61 Å². The van der Waals surface area contributed by atoms with E-state index in [-0.39, 0.29) is 17.7 Å². The topological polar surface area (TPSA) is 60.4 Å². The first-order chi connectivity index (χ1) is 8.27. The molecule has 0 fully saturated rings. The van der Waals surface area contributed by atoms with Crippen LogP contribution in [0.3, 0.4) is 0 Å². The van der Waals surface area contributed by atoms with E-state index in [0.717, 1.165) is 6.07 Å². The molecular weight excluding hydrogens is 283 g/mol. The molecule has 0 aliphatic carbocycles. The maximum Gasteiger partial charge on any atom is 0.338 e. The summed E-state index contributed by atoms with van der Waals surface area (Å²) in [5, 5.41) is 0. The van der Waals surface area contributed by atoms with Crippen LogP contribution in [0.2, 0.25) is 0 Å². The molecule has 7 heteroatoms. The van der Waals surface area contributed by atoms with Crippen molar-refractivity contribution in [3.05, 3.63) is 29.1 Å². The van der Waals surface area contributed by atoms with Gasteiger partial charge in [-0.2, -0.15) is 0 Å². The Hall–Kier alpha value is -1.14. The standard InChI is InChI=1S/C11H12ClFO4S/c1-3-4-17-11(14)8-5-7(2)10(13)9(6-8)18(12,15)16/h5-6H,3-4H2,1-2H3. The van der Waals surface area contributed by atoms with Crippen LogP contribution in [0.4, 0.5) is 4.39 Å². The van der Waals surface area contributed by atoms with E-state index in [2.05, 4.69) is 0 Å². The second-order valence-electron chi connectivity index (χ2n) is 3.68. The van der Waals surface area contributed by atoms with Crippen LogP contribution in [0.25, 0.3) is 0 Å². The molecule has 1 aromatic carbocycles. The van der Waals surface area contributed by atoms with Crippen LogP contribution in [-0.2, 0) is 13.8 Å². The van der Waals surface area contributed by atoms with E-state index in [1.54, 1.807) is 0 Å². The summed E-state index contributed by atoms with van der Waals surface area (Å²) in [6, 6.07) is 2.10. The van der Waals surface area contributed by atoms with Gasteiger partial charge in [-0.25, -0.2) is 17.6 Å². The molecule has 1 rings (SSSR count). The van der Waals surface area contributed by atoms with Gasteiger partial charge in [-0.1, -0.05) is 6.92 Å². The van der Waals surface area contributed by atoms with Crippen molar-refractivity contribution >= 4 is 25.7 Å². The van der Waals surface area contributed by atoms with Crippen molar-refractivity contribution in [3.63, 3.8) is 0 Å². The highest BCUT2D eigenvalue weighted by atomic mass is 35.7. The van der Waals surface area contributed by atoms with E-state index >= 15 is 0 Å². The molecule has 0 saturated carbocycles. The van der Waals surface area contributed by atoms with Gasteiger partial charge in [0.05, 0.1) is 12.2 Å². The van der Waals surface area contributed by atoms with Crippen LogP contribution >= 0.6 is 10.7 Å². The van der Waals surface area contributed by atoms with Gasteiger partial charge in [0, 0.05) is 10.7 Å². The van der Waals surface area contributed by atoms with Gasteiger partial charge in [-0.15, -0.1) is 0 Å². The second kappa shape index (κ2) is 5.67. The van der Waals surface area contributed by atoms with Gasteiger partial charge in [0.25, 0.3) is 9.05 Å². The lowest BCUT2D eigenvalue weighted by Gasteiger charge is -2.07. The summed E-state index contributed by atoms with van der Waals surface area (Å²) in [7, 11) is 0.854. The average molecular weight is 295 g/mol. The van der Waals surface area contributed by atoms with Crippen molar-refractivity contribution in [3.8, 4) is 0 Å². The number of carbonyl (C=O) groups excluding carboxylic acids is 1. The molecule has 0 aliphatic rings. The minimum Gasteiger partial charge on any atom is -0.462 e. The Morgan fingerprint density at radius 3 is 2.56 bits per heavy atom. The lowest BCUT2D eigenvalue weighted by Crippen LogP contribution is -2.09. The number of rotatable bonds is 4. The summed E-state index contributed by atoms with van der Waals surface area (Å²) in [6.07, 6.45) is 0.632. The van der Waals surface area contributed by atoms with Crippen molar-refractivity contribution in [2.24, 2.45) is 0 Å². The van der Waals surface area contributed by atoms with Crippen LogP contribution in [0.15, 0.2) is 17.0 Å². The number of benzene rings is 1. The van der Waals surface area contributed by atoms with Crippen molar-refractivity contribution in [2.45, 2.75) is 25.2 Å². The molecular formula is C11H12ClFO4S. The first kappa shape index (κ1) is 14.9. The number of carbonyl (C=O) groups is 1. The van der Waals surface area contributed by atoms with Crippen LogP contribution in [-0.4, -0.2) is 21.0 Å². The molecule has 0 unspecified atom stereocenters. The van der Waals surface area contributed by atoms with E-state index in [1.807, 2.05) is 6.92 Å². The molecule has 1 aromatic rings. The number of esters is 1. The normalized spacial score (nSPS) is 11.3. The van der Waals surface area contributed by atoms with Gasteiger partial charge in [0.15, 0.2) is 0 Å². The lowest BCUT2D eigenvalue weighted by atomic mass is 10.1. The van der Waals surface area contributed by atoms with E-state index < -0.39 is 25.7 Å². The Labute approximate surface area is 109 Å². The number of aryl methyl sites for hydroxylation is 1. The third-order valence-corrected chi connectivity index (χ3v) is 3.48. The van der Waals surface area contributed by atoms with Crippen LogP contribution in [0.1, 0.15) is 29.3 Å². The Bertz CT molecular complexity index is 569. The number of hydrogen-bond donors (Lipinski definition) is 0. The van der Waals surface area contributed by atoms with E-state index in [1.165, 1.54) is 13.0 Å². The zero-order valence-electron chi connectivity index (χ0n) is 9.87. The van der Waals surface area contributed by atoms with E-state index in [4.69, 9.17) is 15.4 Å². The fraction of sp³-hybridized carbons (Fsp3) is 0.364. The third-order valence-electron chi connectivity index (χ3n) is 2.16. The summed E-state index contributed by atoms with van der Waals surface area (Å²) in [5.41, 5.74) is -0.0262. The predicted octanol–water partition coefficient (Wildman–Crippen LogP) is 2.63. The zero-order chi connectivity index (χ0) is 13.9. The second-order valence-corrected chi connectivity index (χ2v) is 6.21. The highest BCUT2D eigenvalue weighted by Gasteiger charge is 2.21. The van der Waals surface area contributed by atoms with Gasteiger partial charge in [-0.3, -0.25) is 0 Å². The molecule has 0 aromatic heterocycles. The largest absolute Gasteiger partial charge is 0.462 e. The van der Waals surface area contributed by atoms with Gasteiger partial charge in [0.2, 0.25) is 0 Å². The van der Waals surface area contributed by atoms with Gasteiger partial charge in [0.1, 0.15) is 10.7 Å². The first-order valence-corrected chi connectivity index (χ1v) is 7.50. The van der Waals surface area contributed by atoms with Crippen molar-refractivity contribution in [1.29, 1.82) is 0 Å². The smallest absolute Gasteiger partial charge is 0.338 e. The zero-order valence-corrected chi connectivity index (χ0v) is 11.4. The summed E-state index contributed by atoms with van der Waals surface area (Å²) in [6.45, 7) is 3.37. The maximum absolute atomic E-state index is 13.6. The number of hydrogen-bond acceptors (Lipinski definition) is 4. The molecule has 4 nitrogen and oxygen atoms in total. The number of halogens is 2. The van der Waals surface area contributed by atoms with Gasteiger partial charge < -0.3 is 4.74 Å². The molecule has 0 N–H and O–H groups in total. The molecule has 0 spiro atoms. The Morgan fingerprint density at radius 2 is 2.06 bits per heavy atom.